The molecule has 2 N–H and O–H groups in total. The van der Waals surface area contributed by atoms with Gasteiger partial charge in [-0.05, 0) is 16.5 Å². The molecule has 0 aliphatic carbocycles. The molecule has 170 valence electrons. The molecule has 31 heavy (non-hydrogen) atoms. The van der Waals surface area contributed by atoms with E-state index in [1.54, 1.807) is 0 Å². The fourth-order valence-electron chi connectivity index (χ4n) is 3.48. The lowest BCUT2D eigenvalue weighted by molar-refractivity contribution is -0.291. The lowest BCUT2D eigenvalue weighted by Gasteiger charge is -2.34. The molecule has 1 saturated heterocycles. The highest BCUT2D eigenvalue weighted by Gasteiger charge is 2.57. The van der Waals surface area contributed by atoms with Crippen molar-refractivity contribution < 1.29 is 29.2 Å². The fourth-order valence-corrected chi connectivity index (χ4v) is 3.48. The quantitative estimate of drug-likeness (QED) is 0.602. The summed E-state index contributed by atoms with van der Waals surface area (Å²) in [6, 6.07) is 19.4. The van der Waals surface area contributed by atoms with Gasteiger partial charge in [-0.25, -0.2) is 0 Å². The first-order chi connectivity index (χ1) is 14.8. The molecular weight excluding hydrogens is 396 g/mol. The van der Waals surface area contributed by atoms with Gasteiger partial charge in [0.05, 0.1) is 26.4 Å². The predicted molar refractivity (Wildman–Crippen MR) is 117 cm³/mol. The molecule has 0 spiro atoms. The van der Waals surface area contributed by atoms with E-state index in [4.69, 9.17) is 18.9 Å². The molecule has 1 aliphatic rings. The molecule has 1 heterocycles. The number of aliphatic hydroxyl groups is 2. The van der Waals surface area contributed by atoms with Crippen LogP contribution in [0.4, 0.5) is 0 Å². The minimum Gasteiger partial charge on any atom is -0.391 e. The molecule has 6 nitrogen and oxygen atoms in total. The molecule has 2 aromatic carbocycles. The molecular formula is C25H34O6. The zero-order valence-corrected chi connectivity index (χ0v) is 18.6. The summed E-state index contributed by atoms with van der Waals surface area (Å²) in [6.07, 6.45) is -2.52. The Morgan fingerprint density at radius 1 is 0.935 bits per heavy atom. The topological polar surface area (TPSA) is 77.4 Å². The Labute approximate surface area is 184 Å². The second-order valence-electron chi connectivity index (χ2n) is 9.18. The highest BCUT2D eigenvalue weighted by atomic mass is 16.8. The van der Waals surface area contributed by atoms with E-state index in [2.05, 4.69) is 0 Å². The number of ether oxygens (including phenoxy) is 4. The number of hydrogen-bond donors (Lipinski definition) is 2. The standard InChI is InChI=1S/C25H34O6/c1-24(2,3)18-29-23-22(27)21(16-28-14-19-10-6-4-7-11-19)31-25(23,17-26)30-15-20-12-8-5-9-13-20/h4-13,21-23,26-27H,14-18H2,1-3H3/t21-,22?,23?,25-/m1/s1. The highest BCUT2D eigenvalue weighted by Crippen LogP contribution is 2.36. The summed E-state index contributed by atoms with van der Waals surface area (Å²) >= 11 is 0. The Balaban J connectivity index is 1.69. The van der Waals surface area contributed by atoms with E-state index < -0.39 is 30.7 Å². The molecule has 2 unspecified atom stereocenters. The normalized spacial score (nSPS) is 26.3. The van der Waals surface area contributed by atoms with Crippen LogP contribution < -0.4 is 0 Å². The zero-order chi connectivity index (χ0) is 22.3. The van der Waals surface area contributed by atoms with Gasteiger partial charge in [0.15, 0.2) is 0 Å². The van der Waals surface area contributed by atoms with E-state index in [1.807, 2.05) is 81.4 Å². The van der Waals surface area contributed by atoms with Crippen molar-refractivity contribution in [3.8, 4) is 0 Å². The second kappa shape index (κ2) is 10.7. The van der Waals surface area contributed by atoms with Crippen LogP contribution in [0.1, 0.15) is 31.9 Å². The molecule has 1 aliphatic heterocycles. The molecule has 6 heteroatoms. The monoisotopic (exact) mass is 430 g/mol. The summed E-state index contributed by atoms with van der Waals surface area (Å²) in [4.78, 5) is 0. The first-order valence-electron chi connectivity index (χ1n) is 10.7. The minimum absolute atomic E-state index is 0.123. The summed E-state index contributed by atoms with van der Waals surface area (Å²) in [5.74, 6) is -1.47. The van der Waals surface area contributed by atoms with E-state index >= 15 is 0 Å². The Morgan fingerprint density at radius 2 is 1.52 bits per heavy atom. The summed E-state index contributed by atoms with van der Waals surface area (Å²) in [5, 5.41) is 21.2. The first-order valence-corrected chi connectivity index (χ1v) is 10.7. The average Bonchev–Trinajstić information content (AvgIpc) is 3.03. The molecule has 0 radical (unpaired) electrons. The second-order valence-corrected chi connectivity index (χ2v) is 9.18. The molecule has 0 bridgehead atoms. The molecule has 0 aromatic heterocycles. The SMILES string of the molecule is CC(C)(C)COC1C(O)[C@@H](COCc2ccccc2)O[C@@]1(CO)OCc1ccccc1. The number of benzene rings is 2. The van der Waals surface area contributed by atoms with Crippen molar-refractivity contribution in [2.24, 2.45) is 5.41 Å². The molecule has 4 atom stereocenters. The molecule has 0 amide bonds. The maximum atomic E-state index is 11.0. The van der Waals surface area contributed by atoms with Crippen LogP contribution in [-0.2, 0) is 32.2 Å². The van der Waals surface area contributed by atoms with Crippen LogP contribution in [0.3, 0.4) is 0 Å². The molecule has 2 aromatic rings. The van der Waals surface area contributed by atoms with Crippen molar-refractivity contribution in [3.63, 3.8) is 0 Å². The van der Waals surface area contributed by atoms with E-state index in [-0.39, 0.29) is 18.6 Å². The average molecular weight is 431 g/mol. The van der Waals surface area contributed by atoms with Gasteiger partial charge < -0.3 is 29.2 Å². The third kappa shape index (κ3) is 6.59. The van der Waals surface area contributed by atoms with E-state index in [1.165, 1.54) is 0 Å². The van der Waals surface area contributed by atoms with Gasteiger partial charge in [0.2, 0.25) is 5.79 Å². The van der Waals surface area contributed by atoms with E-state index in [0.717, 1.165) is 11.1 Å². The number of aliphatic hydroxyl groups excluding tert-OH is 2. The Morgan fingerprint density at radius 3 is 2.06 bits per heavy atom. The number of hydrogen-bond acceptors (Lipinski definition) is 6. The molecule has 1 fully saturated rings. The van der Waals surface area contributed by atoms with Crippen LogP contribution in [-0.4, -0.2) is 54.1 Å². The Kier molecular flexibility index (Phi) is 8.22. The van der Waals surface area contributed by atoms with Gasteiger partial charge in [-0.1, -0.05) is 81.4 Å². The zero-order valence-electron chi connectivity index (χ0n) is 18.6. The molecule has 3 rings (SSSR count). The largest absolute Gasteiger partial charge is 0.391 e. The minimum atomic E-state index is -1.47. The van der Waals surface area contributed by atoms with Gasteiger partial charge in [0, 0.05) is 0 Å². The van der Waals surface area contributed by atoms with E-state index in [9.17, 15) is 10.2 Å². The smallest absolute Gasteiger partial charge is 0.222 e. The van der Waals surface area contributed by atoms with Crippen molar-refractivity contribution in [1.29, 1.82) is 0 Å². The lowest BCUT2D eigenvalue weighted by atomic mass is 9.97. The molecule has 0 saturated carbocycles. The summed E-state index contributed by atoms with van der Waals surface area (Å²) in [7, 11) is 0. The summed E-state index contributed by atoms with van der Waals surface area (Å²) in [6.45, 7) is 6.84. The van der Waals surface area contributed by atoms with Gasteiger partial charge in [-0.2, -0.15) is 0 Å². The lowest BCUT2D eigenvalue weighted by Crippen LogP contribution is -2.50. The van der Waals surface area contributed by atoms with Crippen molar-refractivity contribution in [2.75, 3.05) is 19.8 Å². The number of rotatable bonds is 10. The third-order valence-corrected chi connectivity index (χ3v) is 5.11. The van der Waals surface area contributed by atoms with Gasteiger partial charge in [-0.15, -0.1) is 0 Å². The van der Waals surface area contributed by atoms with E-state index in [0.29, 0.717) is 13.2 Å². The van der Waals surface area contributed by atoms with Crippen molar-refractivity contribution in [3.05, 3.63) is 71.8 Å². The van der Waals surface area contributed by atoms with Crippen molar-refractivity contribution >= 4 is 0 Å². The van der Waals surface area contributed by atoms with Crippen LogP contribution in [0.2, 0.25) is 0 Å². The van der Waals surface area contributed by atoms with Crippen molar-refractivity contribution in [1.82, 2.24) is 0 Å². The fraction of sp³-hybridized carbons (Fsp3) is 0.520. The maximum absolute atomic E-state index is 11.0. The predicted octanol–water partition coefficient (Wildman–Crippen LogP) is 3.30. The van der Waals surface area contributed by atoms with Crippen LogP contribution in [0, 0.1) is 5.41 Å². The summed E-state index contributed by atoms with van der Waals surface area (Å²) in [5.41, 5.74) is 1.85. The van der Waals surface area contributed by atoms with Crippen molar-refractivity contribution in [2.45, 2.75) is 58.1 Å². The highest BCUT2D eigenvalue weighted by molar-refractivity contribution is 5.14. The summed E-state index contributed by atoms with van der Waals surface area (Å²) < 4.78 is 24.0. The maximum Gasteiger partial charge on any atom is 0.222 e. The van der Waals surface area contributed by atoms with Gasteiger partial charge >= 0.3 is 0 Å². The Bertz CT molecular complexity index is 776. The van der Waals surface area contributed by atoms with Gasteiger partial charge in [-0.3, -0.25) is 0 Å². The van der Waals surface area contributed by atoms with Crippen LogP contribution in [0.5, 0.6) is 0 Å². The van der Waals surface area contributed by atoms with Crippen LogP contribution in [0.25, 0.3) is 0 Å². The van der Waals surface area contributed by atoms with Gasteiger partial charge in [0.1, 0.15) is 24.9 Å². The van der Waals surface area contributed by atoms with Crippen LogP contribution >= 0.6 is 0 Å². The van der Waals surface area contributed by atoms with Crippen LogP contribution in [0.15, 0.2) is 60.7 Å². The first kappa shape index (κ1) is 23.9. The Hall–Kier alpha value is -1.80. The van der Waals surface area contributed by atoms with Gasteiger partial charge in [0.25, 0.3) is 0 Å². The third-order valence-electron chi connectivity index (χ3n) is 5.11.